The molecule has 0 saturated heterocycles. The van der Waals surface area contributed by atoms with Gasteiger partial charge in [-0.15, -0.1) is 11.3 Å². The first-order valence-corrected chi connectivity index (χ1v) is 11.8. The van der Waals surface area contributed by atoms with Crippen molar-refractivity contribution >= 4 is 56.0 Å². The molecule has 30 heavy (non-hydrogen) atoms. The molecule has 4 N–H and O–H groups in total. The summed E-state index contributed by atoms with van der Waals surface area (Å²) in [7, 11) is -3.77. The number of benzene rings is 2. The van der Waals surface area contributed by atoms with Gasteiger partial charge in [0.1, 0.15) is 4.21 Å². The molecule has 7 nitrogen and oxygen atoms in total. The molecule has 2 aromatic carbocycles. The number of hydrazine groups is 1. The van der Waals surface area contributed by atoms with Gasteiger partial charge in [0.05, 0.1) is 11.3 Å². The number of amides is 1. The molecular formula is C20H20N4O3S3. The Kier molecular flexibility index (Phi) is 7.03. The highest BCUT2D eigenvalue weighted by atomic mass is 32.2. The molecule has 1 aromatic heterocycles. The number of hydrogen-bond donors (Lipinski definition) is 4. The summed E-state index contributed by atoms with van der Waals surface area (Å²) >= 11 is 6.28. The monoisotopic (exact) mass is 460 g/mol. The van der Waals surface area contributed by atoms with E-state index in [1.165, 1.54) is 23.8 Å². The van der Waals surface area contributed by atoms with Crippen molar-refractivity contribution in [2.75, 3.05) is 10.0 Å². The van der Waals surface area contributed by atoms with E-state index in [-0.39, 0.29) is 20.6 Å². The van der Waals surface area contributed by atoms with Crippen molar-refractivity contribution in [1.82, 2.24) is 10.9 Å². The summed E-state index contributed by atoms with van der Waals surface area (Å²) in [6.45, 7) is 2.07. The first kappa shape index (κ1) is 21.8. The highest BCUT2D eigenvalue weighted by molar-refractivity contribution is 7.94. The summed E-state index contributed by atoms with van der Waals surface area (Å²) in [6.07, 6.45) is 0.939. The molecule has 1 amide bonds. The van der Waals surface area contributed by atoms with Crippen LogP contribution in [0, 0.1) is 0 Å². The molecule has 0 saturated carbocycles. The molecule has 3 aromatic rings. The average molecular weight is 461 g/mol. The molecule has 0 atom stereocenters. The SMILES string of the molecule is CCc1ccc(NC(=S)NNC(=O)c2ccccc2NS(=O)(=O)c2cccs2)cc1. The van der Waals surface area contributed by atoms with E-state index in [0.29, 0.717) is 0 Å². The summed E-state index contributed by atoms with van der Waals surface area (Å²) in [4.78, 5) is 12.6. The van der Waals surface area contributed by atoms with E-state index in [1.54, 1.807) is 23.6 Å². The number of nitrogens with one attached hydrogen (secondary N) is 4. The van der Waals surface area contributed by atoms with E-state index < -0.39 is 15.9 Å². The first-order valence-electron chi connectivity index (χ1n) is 9.00. The standard InChI is InChI=1S/C20H20N4O3S3/c1-2-14-9-11-15(12-10-14)21-20(28)23-22-19(25)16-6-3-4-7-17(16)24-30(26,27)18-8-5-13-29-18/h3-13,24H,2H2,1H3,(H,22,25)(H2,21,23,28). The van der Waals surface area contributed by atoms with Crippen molar-refractivity contribution in [1.29, 1.82) is 0 Å². The minimum Gasteiger partial charge on any atom is -0.331 e. The van der Waals surface area contributed by atoms with E-state index in [0.717, 1.165) is 23.4 Å². The van der Waals surface area contributed by atoms with Crippen LogP contribution < -0.4 is 20.9 Å². The van der Waals surface area contributed by atoms with Crippen LogP contribution in [-0.2, 0) is 16.4 Å². The second kappa shape index (κ2) is 9.70. The van der Waals surface area contributed by atoms with Crippen LogP contribution in [0.3, 0.4) is 0 Å². The van der Waals surface area contributed by atoms with E-state index in [1.807, 2.05) is 24.3 Å². The molecule has 1 heterocycles. The van der Waals surface area contributed by atoms with Crippen LogP contribution in [0.5, 0.6) is 0 Å². The molecule has 0 aliphatic heterocycles. The molecule has 10 heteroatoms. The van der Waals surface area contributed by atoms with Gasteiger partial charge in [0.15, 0.2) is 5.11 Å². The number of rotatable bonds is 6. The predicted molar refractivity (Wildman–Crippen MR) is 124 cm³/mol. The summed E-state index contributed by atoms with van der Waals surface area (Å²) in [5.74, 6) is -0.537. The third-order valence-corrected chi connectivity index (χ3v) is 7.05. The number of anilines is 2. The fraction of sp³-hybridized carbons (Fsp3) is 0.100. The smallest absolute Gasteiger partial charge is 0.271 e. The molecule has 0 aliphatic carbocycles. The quantitative estimate of drug-likeness (QED) is 0.330. The third-order valence-electron chi connectivity index (χ3n) is 4.09. The second-order valence-corrected chi connectivity index (χ2v) is 9.43. The van der Waals surface area contributed by atoms with Crippen LogP contribution in [-0.4, -0.2) is 19.4 Å². The predicted octanol–water partition coefficient (Wildman–Crippen LogP) is 3.74. The number of hydrogen-bond acceptors (Lipinski definition) is 5. The van der Waals surface area contributed by atoms with Crippen LogP contribution in [0.15, 0.2) is 70.3 Å². The number of thiocarbonyl (C=S) groups is 1. The van der Waals surface area contributed by atoms with Crippen LogP contribution >= 0.6 is 23.6 Å². The third kappa shape index (κ3) is 5.56. The highest BCUT2D eigenvalue weighted by Gasteiger charge is 2.19. The zero-order chi connectivity index (χ0) is 21.6. The Morgan fingerprint density at radius 1 is 1.00 bits per heavy atom. The van der Waals surface area contributed by atoms with Gasteiger partial charge < -0.3 is 5.32 Å². The van der Waals surface area contributed by atoms with Gasteiger partial charge in [-0.05, 0) is 59.9 Å². The Labute approximate surface area is 184 Å². The molecule has 0 fully saturated rings. The Bertz CT molecular complexity index is 1130. The van der Waals surface area contributed by atoms with Crippen molar-refractivity contribution in [3.63, 3.8) is 0 Å². The molecular weight excluding hydrogens is 440 g/mol. The van der Waals surface area contributed by atoms with Crippen LogP contribution in [0.25, 0.3) is 0 Å². The molecule has 0 spiro atoms. The lowest BCUT2D eigenvalue weighted by Gasteiger charge is -2.14. The highest BCUT2D eigenvalue weighted by Crippen LogP contribution is 2.22. The number of sulfonamides is 1. The molecule has 156 valence electrons. The van der Waals surface area contributed by atoms with E-state index in [4.69, 9.17) is 12.2 Å². The van der Waals surface area contributed by atoms with Crippen molar-refractivity contribution in [3.05, 3.63) is 77.2 Å². The number of aryl methyl sites for hydroxylation is 1. The Morgan fingerprint density at radius 2 is 1.73 bits per heavy atom. The largest absolute Gasteiger partial charge is 0.331 e. The minimum absolute atomic E-state index is 0.153. The van der Waals surface area contributed by atoms with Gasteiger partial charge >= 0.3 is 0 Å². The summed E-state index contributed by atoms with van der Waals surface area (Å²) in [5, 5.41) is 4.83. The van der Waals surface area contributed by atoms with E-state index >= 15 is 0 Å². The number of carbonyl (C=O) groups is 1. The first-order chi connectivity index (χ1) is 14.4. The Balaban J connectivity index is 1.63. The number of para-hydroxylation sites is 1. The zero-order valence-electron chi connectivity index (χ0n) is 16.0. The van der Waals surface area contributed by atoms with Gasteiger partial charge in [-0.3, -0.25) is 20.4 Å². The maximum Gasteiger partial charge on any atom is 0.271 e. The van der Waals surface area contributed by atoms with Gasteiger partial charge in [-0.2, -0.15) is 0 Å². The van der Waals surface area contributed by atoms with Gasteiger partial charge in [0.25, 0.3) is 15.9 Å². The lowest BCUT2D eigenvalue weighted by molar-refractivity contribution is 0.0945. The lowest BCUT2D eigenvalue weighted by Crippen LogP contribution is -2.44. The van der Waals surface area contributed by atoms with Crippen molar-refractivity contribution < 1.29 is 13.2 Å². The number of thiophene rings is 1. The molecule has 0 aliphatic rings. The van der Waals surface area contributed by atoms with Gasteiger partial charge in [-0.1, -0.05) is 37.3 Å². The zero-order valence-corrected chi connectivity index (χ0v) is 18.5. The van der Waals surface area contributed by atoms with Crippen molar-refractivity contribution in [2.45, 2.75) is 17.6 Å². The summed E-state index contributed by atoms with van der Waals surface area (Å²) in [5.41, 5.74) is 7.40. The molecule has 0 bridgehead atoms. The summed E-state index contributed by atoms with van der Waals surface area (Å²) in [6, 6.07) is 17.2. The lowest BCUT2D eigenvalue weighted by atomic mass is 10.1. The maximum absolute atomic E-state index is 12.6. The fourth-order valence-corrected chi connectivity index (χ4v) is 4.79. The van der Waals surface area contributed by atoms with Crippen molar-refractivity contribution in [3.8, 4) is 0 Å². The number of carbonyl (C=O) groups excluding carboxylic acids is 1. The topological polar surface area (TPSA) is 99.3 Å². The fourth-order valence-electron chi connectivity index (χ4n) is 2.55. The summed E-state index contributed by atoms with van der Waals surface area (Å²) < 4.78 is 27.6. The molecule has 0 radical (unpaired) electrons. The van der Waals surface area contributed by atoms with Crippen LogP contribution in [0.2, 0.25) is 0 Å². The van der Waals surface area contributed by atoms with Gasteiger partial charge in [0.2, 0.25) is 0 Å². The van der Waals surface area contributed by atoms with Gasteiger partial charge in [0, 0.05) is 5.69 Å². The Hall–Kier alpha value is -2.95. The van der Waals surface area contributed by atoms with E-state index in [2.05, 4.69) is 27.8 Å². The van der Waals surface area contributed by atoms with Crippen LogP contribution in [0.1, 0.15) is 22.8 Å². The average Bonchev–Trinajstić information content (AvgIpc) is 3.29. The second-order valence-electron chi connectivity index (χ2n) is 6.17. The molecule has 0 unspecified atom stereocenters. The van der Waals surface area contributed by atoms with E-state index in [9.17, 15) is 13.2 Å². The van der Waals surface area contributed by atoms with Crippen molar-refractivity contribution in [2.24, 2.45) is 0 Å². The Morgan fingerprint density at radius 3 is 2.40 bits per heavy atom. The molecule has 3 rings (SSSR count). The maximum atomic E-state index is 12.6. The minimum atomic E-state index is -3.77. The van der Waals surface area contributed by atoms with Crippen LogP contribution in [0.4, 0.5) is 11.4 Å². The van der Waals surface area contributed by atoms with Gasteiger partial charge in [-0.25, -0.2) is 8.42 Å². The normalized spacial score (nSPS) is 10.8.